The zero-order valence-electron chi connectivity index (χ0n) is 8.08. The first-order chi connectivity index (χ1) is 6.94. The van der Waals surface area contributed by atoms with Crippen LogP contribution in [0.25, 0.3) is 0 Å². The van der Waals surface area contributed by atoms with Crippen LogP contribution >= 0.6 is 0 Å². The minimum absolute atomic E-state index is 0.120. The number of hydrogen-bond donors (Lipinski definition) is 0. The normalized spacial score (nSPS) is 27.7. The molecule has 0 aromatic carbocycles. The van der Waals surface area contributed by atoms with Gasteiger partial charge in [0.2, 0.25) is 0 Å². The van der Waals surface area contributed by atoms with Crippen LogP contribution < -0.4 is 5.56 Å². The van der Waals surface area contributed by atoms with E-state index in [0.717, 1.165) is 10.6 Å². The van der Waals surface area contributed by atoms with Crippen LogP contribution in [0.3, 0.4) is 0 Å². The Labute approximate surface area is 84.3 Å². The molecule has 0 amide bonds. The molecule has 2 atom stereocenters. The first kappa shape index (κ1) is 10.3. The lowest BCUT2D eigenvalue weighted by atomic mass is 10.3. The summed E-state index contributed by atoms with van der Waals surface area (Å²) in [6.45, 7) is 1.31. The molecule has 0 radical (unpaired) electrons. The molecule has 82 valence electrons. The topological polar surface area (TPSA) is 22.0 Å². The minimum Gasteiger partial charge on any atom is -0.313 e. The Balaban J connectivity index is 2.20. The molecule has 1 saturated carbocycles. The lowest BCUT2D eigenvalue weighted by molar-refractivity contribution is 0.0834. The predicted octanol–water partition coefficient (Wildman–Crippen LogP) is 1.89. The number of rotatable bonds is 2. The van der Waals surface area contributed by atoms with E-state index in [9.17, 15) is 18.0 Å². The van der Waals surface area contributed by atoms with E-state index in [-0.39, 0.29) is 6.54 Å². The summed E-state index contributed by atoms with van der Waals surface area (Å²) in [7, 11) is 0. The summed E-state index contributed by atoms with van der Waals surface area (Å²) in [5.74, 6) is -5.20. The Bertz CT molecular complexity index is 441. The van der Waals surface area contributed by atoms with Gasteiger partial charge in [-0.1, -0.05) is 6.92 Å². The van der Waals surface area contributed by atoms with Crippen LogP contribution in [0.2, 0.25) is 0 Å². The lowest BCUT2D eigenvalue weighted by Crippen LogP contribution is -2.23. The molecule has 2 rings (SSSR count). The van der Waals surface area contributed by atoms with Gasteiger partial charge in [0.1, 0.15) is 0 Å². The highest BCUT2D eigenvalue weighted by Gasteiger charge is 2.65. The van der Waals surface area contributed by atoms with Crippen LogP contribution in [0.5, 0.6) is 0 Å². The highest BCUT2D eigenvalue weighted by molar-refractivity contribution is 5.04. The maximum absolute atomic E-state index is 12.9. The van der Waals surface area contributed by atoms with Crippen molar-refractivity contribution in [1.82, 2.24) is 4.57 Å². The Morgan fingerprint density at radius 2 is 2.13 bits per heavy atom. The lowest BCUT2D eigenvalue weighted by Gasteiger charge is -2.03. The maximum atomic E-state index is 12.9. The van der Waals surface area contributed by atoms with E-state index >= 15 is 0 Å². The quantitative estimate of drug-likeness (QED) is 0.741. The molecule has 0 unspecified atom stereocenters. The fraction of sp³-hybridized carbons (Fsp3) is 0.500. The zero-order valence-corrected chi connectivity index (χ0v) is 8.08. The van der Waals surface area contributed by atoms with Crippen molar-refractivity contribution in [2.45, 2.75) is 19.4 Å². The molecule has 1 heterocycles. The first-order valence-electron chi connectivity index (χ1n) is 4.67. The van der Waals surface area contributed by atoms with Gasteiger partial charge in [0.25, 0.3) is 11.5 Å². The van der Waals surface area contributed by atoms with Crippen molar-refractivity contribution in [3.63, 3.8) is 0 Å². The second-order valence-electron chi connectivity index (χ2n) is 3.88. The molecule has 2 nitrogen and oxygen atoms in total. The number of pyridine rings is 1. The third kappa shape index (κ3) is 1.56. The van der Waals surface area contributed by atoms with Crippen LogP contribution in [0.1, 0.15) is 6.92 Å². The van der Waals surface area contributed by atoms with Crippen molar-refractivity contribution in [2.24, 2.45) is 11.8 Å². The first-order valence-corrected chi connectivity index (χ1v) is 4.67. The molecule has 0 bridgehead atoms. The number of hydrogen-bond acceptors (Lipinski definition) is 1. The molecule has 0 N–H and O–H groups in total. The van der Waals surface area contributed by atoms with Gasteiger partial charge in [-0.05, 0) is 12.1 Å². The van der Waals surface area contributed by atoms with E-state index in [0.29, 0.717) is 0 Å². The molecule has 15 heavy (non-hydrogen) atoms. The van der Waals surface area contributed by atoms with Crippen molar-refractivity contribution >= 4 is 0 Å². The predicted molar refractivity (Wildman–Crippen MR) is 48.3 cm³/mol. The third-order valence-corrected chi connectivity index (χ3v) is 2.96. The van der Waals surface area contributed by atoms with Crippen molar-refractivity contribution in [3.8, 4) is 0 Å². The minimum atomic E-state index is -2.72. The summed E-state index contributed by atoms with van der Waals surface area (Å²) in [6.07, 6.45) is 1.33. The van der Waals surface area contributed by atoms with Crippen LogP contribution in [0.4, 0.5) is 13.2 Å². The Hall–Kier alpha value is -1.26. The molecule has 1 aliphatic rings. The average molecular weight is 217 g/mol. The summed E-state index contributed by atoms with van der Waals surface area (Å²) in [5.41, 5.74) is -0.840. The van der Waals surface area contributed by atoms with Gasteiger partial charge in [-0.15, -0.1) is 0 Å². The summed E-state index contributed by atoms with van der Waals surface area (Å²) in [4.78, 5) is 11.2. The van der Waals surface area contributed by atoms with Crippen LogP contribution in [-0.2, 0) is 6.54 Å². The van der Waals surface area contributed by atoms with Crippen molar-refractivity contribution in [3.05, 3.63) is 34.5 Å². The van der Waals surface area contributed by atoms with E-state index in [1.807, 2.05) is 0 Å². The highest BCUT2D eigenvalue weighted by Crippen LogP contribution is 2.55. The second kappa shape index (κ2) is 3.12. The fourth-order valence-electron chi connectivity index (χ4n) is 1.70. The van der Waals surface area contributed by atoms with Crippen molar-refractivity contribution in [1.29, 1.82) is 0 Å². The van der Waals surface area contributed by atoms with Crippen LogP contribution in [0, 0.1) is 17.7 Å². The van der Waals surface area contributed by atoms with Gasteiger partial charge >= 0.3 is 0 Å². The Morgan fingerprint density at radius 1 is 1.53 bits per heavy atom. The molecule has 5 heteroatoms. The Morgan fingerprint density at radius 3 is 2.67 bits per heavy atom. The monoisotopic (exact) mass is 217 g/mol. The Kier molecular flexibility index (Phi) is 2.13. The van der Waals surface area contributed by atoms with Gasteiger partial charge < -0.3 is 4.57 Å². The van der Waals surface area contributed by atoms with E-state index in [4.69, 9.17) is 0 Å². The molecular formula is C10H10F3NO. The SMILES string of the molecule is C[C@@H]1[C@@H](Cn2cccc(F)c2=O)C1(F)F. The summed E-state index contributed by atoms with van der Waals surface area (Å²) in [5, 5.41) is 0. The van der Waals surface area contributed by atoms with Gasteiger partial charge in [0, 0.05) is 24.6 Å². The smallest absolute Gasteiger partial charge is 0.286 e. The van der Waals surface area contributed by atoms with Gasteiger partial charge in [-0.2, -0.15) is 0 Å². The highest BCUT2D eigenvalue weighted by atomic mass is 19.3. The van der Waals surface area contributed by atoms with E-state index in [1.165, 1.54) is 19.2 Å². The van der Waals surface area contributed by atoms with E-state index in [2.05, 4.69) is 0 Å². The largest absolute Gasteiger partial charge is 0.313 e. The van der Waals surface area contributed by atoms with E-state index < -0.39 is 29.1 Å². The molecule has 1 fully saturated rings. The van der Waals surface area contributed by atoms with Crippen molar-refractivity contribution < 1.29 is 13.2 Å². The second-order valence-corrected chi connectivity index (χ2v) is 3.88. The van der Waals surface area contributed by atoms with Gasteiger partial charge in [-0.3, -0.25) is 4.79 Å². The van der Waals surface area contributed by atoms with Crippen molar-refractivity contribution in [2.75, 3.05) is 0 Å². The van der Waals surface area contributed by atoms with Gasteiger partial charge in [-0.25, -0.2) is 13.2 Å². The summed E-state index contributed by atoms with van der Waals surface area (Å²) in [6, 6.07) is 2.36. The van der Waals surface area contributed by atoms with Gasteiger partial charge in [0.05, 0.1) is 0 Å². The van der Waals surface area contributed by atoms with Crippen LogP contribution in [-0.4, -0.2) is 10.5 Å². The third-order valence-electron chi connectivity index (χ3n) is 2.96. The molecular weight excluding hydrogens is 207 g/mol. The van der Waals surface area contributed by atoms with Crippen LogP contribution in [0.15, 0.2) is 23.1 Å². The van der Waals surface area contributed by atoms with Gasteiger partial charge in [0.15, 0.2) is 5.82 Å². The molecule has 0 saturated heterocycles. The number of nitrogens with zero attached hydrogens (tertiary/aromatic N) is 1. The molecule has 1 aliphatic carbocycles. The zero-order chi connectivity index (χ0) is 11.2. The summed E-state index contributed by atoms with van der Waals surface area (Å²) >= 11 is 0. The molecule has 0 spiro atoms. The molecule has 1 aromatic rings. The number of alkyl halides is 2. The maximum Gasteiger partial charge on any atom is 0.286 e. The standard InChI is InChI=1S/C10H10F3NO/c1-6-7(10(6,12)13)5-14-4-2-3-8(11)9(14)15/h2-4,6-7H,5H2,1H3/t6-,7-/m1/s1. The number of aromatic nitrogens is 1. The molecule has 1 aromatic heterocycles. The van der Waals surface area contributed by atoms with E-state index in [1.54, 1.807) is 0 Å². The number of halogens is 3. The average Bonchev–Trinajstić information content (AvgIpc) is 2.63. The fourth-order valence-corrected chi connectivity index (χ4v) is 1.70. The molecule has 0 aliphatic heterocycles. The summed E-state index contributed by atoms with van der Waals surface area (Å²) < 4.78 is 39.6.